The molecule has 1 aliphatic heterocycles. The van der Waals surface area contributed by atoms with E-state index in [9.17, 15) is 14.3 Å². The highest BCUT2D eigenvalue weighted by Gasteiger charge is 2.36. The highest BCUT2D eigenvalue weighted by molar-refractivity contribution is 5.99. The van der Waals surface area contributed by atoms with Gasteiger partial charge in [-0.2, -0.15) is 0 Å². The molecule has 4 nitrogen and oxygen atoms in total. The van der Waals surface area contributed by atoms with E-state index in [0.29, 0.717) is 5.58 Å². The first-order valence-corrected chi connectivity index (χ1v) is 6.58. The molecule has 2 aromatic rings. The summed E-state index contributed by atoms with van der Waals surface area (Å²) in [6.45, 7) is 3.68. The van der Waals surface area contributed by atoms with Gasteiger partial charge >= 0.3 is 0 Å². The fraction of sp³-hybridized carbons (Fsp3) is 0.400. The number of carbonyl (C=O) groups is 1. The third-order valence-corrected chi connectivity index (χ3v) is 3.79. The van der Waals surface area contributed by atoms with Crippen LogP contribution in [0.4, 0.5) is 4.39 Å². The highest BCUT2D eigenvalue weighted by Crippen LogP contribution is 2.28. The number of aliphatic hydroxyl groups excluding tert-OH is 1. The smallest absolute Gasteiger partial charge is 0.290 e. The Kier molecular flexibility index (Phi) is 3.01. The van der Waals surface area contributed by atoms with E-state index in [1.807, 2.05) is 32.0 Å². The topological polar surface area (TPSA) is 53.7 Å². The molecular weight excluding hydrogens is 261 g/mol. The summed E-state index contributed by atoms with van der Waals surface area (Å²) in [4.78, 5) is 13.7. The van der Waals surface area contributed by atoms with Crippen LogP contribution in [-0.4, -0.2) is 41.3 Å². The summed E-state index contributed by atoms with van der Waals surface area (Å²) in [5.74, 6) is -0.137. The average Bonchev–Trinajstić information content (AvgIpc) is 2.90. The molecule has 0 unspecified atom stereocenters. The number of fused-ring (bicyclic) bond motifs is 1. The second kappa shape index (κ2) is 4.59. The number of likely N-dealkylation sites (tertiary alicyclic amines) is 1. The van der Waals surface area contributed by atoms with E-state index in [4.69, 9.17) is 4.42 Å². The van der Waals surface area contributed by atoms with Gasteiger partial charge in [-0.25, -0.2) is 4.39 Å². The largest absolute Gasteiger partial charge is 0.451 e. The number of nitrogens with zero attached hydrogens (tertiary/aromatic N) is 1. The van der Waals surface area contributed by atoms with Crippen LogP contribution in [0.5, 0.6) is 0 Å². The van der Waals surface area contributed by atoms with Crippen molar-refractivity contribution in [3.8, 4) is 0 Å². The summed E-state index contributed by atoms with van der Waals surface area (Å²) in [5.41, 5.74) is 2.45. The number of carbonyl (C=O) groups excluding carboxylic acids is 1. The van der Waals surface area contributed by atoms with Crippen LogP contribution in [0.2, 0.25) is 0 Å². The molecule has 1 aromatic heterocycles. The molecule has 2 heterocycles. The quantitative estimate of drug-likeness (QED) is 0.869. The molecule has 1 aliphatic rings. The maximum absolute atomic E-state index is 13.3. The second-order valence-corrected chi connectivity index (χ2v) is 5.35. The third kappa shape index (κ3) is 1.98. The lowest BCUT2D eigenvalue weighted by Crippen LogP contribution is -2.29. The fourth-order valence-corrected chi connectivity index (χ4v) is 2.59. The van der Waals surface area contributed by atoms with Gasteiger partial charge < -0.3 is 14.4 Å². The zero-order chi connectivity index (χ0) is 14.4. The van der Waals surface area contributed by atoms with Crippen molar-refractivity contribution in [1.82, 2.24) is 4.90 Å². The number of benzene rings is 1. The van der Waals surface area contributed by atoms with E-state index in [1.54, 1.807) is 0 Å². The molecule has 0 spiro atoms. The minimum absolute atomic E-state index is 0.00944. The number of aliphatic hydroxyl groups is 1. The zero-order valence-electron chi connectivity index (χ0n) is 11.4. The summed E-state index contributed by atoms with van der Waals surface area (Å²) >= 11 is 0. The van der Waals surface area contributed by atoms with Crippen LogP contribution in [0, 0.1) is 13.8 Å². The Labute approximate surface area is 115 Å². The predicted molar refractivity (Wildman–Crippen MR) is 72.5 cm³/mol. The van der Waals surface area contributed by atoms with Crippen molar-refractivity contribution in [2.24, 2.45) is 0 Å². The number of hydrogen-bond donors (Lipinski definition) is 1. The Morgan fingerprint density at radius 2 is 2.15 bits per heavy atom. The average molecular weight is 277 g/mol. The summed E-state index contributed by atoms with van der Waals surface area (Å²) in [5, 5.41) is 10.3. The van der Waals surface area contributed by atoms with E-state index in [1.165, 1.54) is 4.90 Å². The molecule has 5 heteroatoms. The Bertz CT molecular complexity index is 669. The second-order valence-electron chi connectivity index (χ2n) is 5.35. The molecule has 0 saturated carbocycles. The number of halogens is 1. The van der Waals surface area contributed by atoms with E-state index >= 15 is 0 Å². The van der Waals surface area contributed by atoms with Crippen molar-refractivity contribution in [1.29, 1.82) is 0 Å². The van der Waals surface area contributed by atoms with E-state index in [2.05, 4.69) is 0 Å². The third-order valence-electron chi connectivity index (χ3n) is 3.79. The van der Waals surface area contributed by atoms with E-state index in [0.717, 1.165) is 16.5 Å². The predicted octanol–water partition coefficient (Wildman–Crippen LogP) is 2.20. The number of rotatable bonds is 1. The van der Waals surface area contributed by atoms with Crippen molar-refractivity contribution in [3.63, 3.8) is 0 Å². The van der Waals surface area contributed by atoms with Gasteiger partial charge in [0.15, 0.2) is 5.76 Å². The van der Waals surface area contributed by atoms with Gasteiger partial charge in [-0.1, -0.05) is 12.1 Å². The minimum Gasteiger partial charge on any atom is -0.451 e. The molecule has 1 aromatic carbocycles. The fourth-order valence-electron chi connectivity index (χ4n) is 2.59. The maximum atomic E-state index is 13.3. The van der Waals surface area contributed by atoms with E-state index in [-0.39, 0.29) is 24.8 Å². The molecule has 2 atom stereocenters. The van der Waals surface area contributed by atoms with Crippen LogP contribution in [0.15, 0.2) is 22.6 Å². The van der Waals surface area contributed by atoms with Gasteiger partial charge in [-0.3, -0.25) is 4.79 Å². The van der Waals surface area contributed by atoms with Crippen LogP contribution in [0.1, 0.15) is 21.7 Å². The molecule has 20 heavy (non-hydrogen) atoms. The number of β-amino-alcohol motifs (C(OH)–C–C–N with tert-alkyl or cyclic N) is 1. The SMILES string of the molecule is Cc1ccc2c(C)c(C(=O)N3C[C@@H](O)[C@H](F)C3)oc2c1. The Hall–Kier alpha value is -1.88. The molecule has 0 radical (unpaired) electrons. The van der Waals surface area contributed by atoms with Crippen molar-refractivity contribution < 1.29 is 18.7 Å². The van der Waals surface area contributed by atoms with Crippen LogP contribution in [0.3, 0.4) is 0 Å². The van der Waals surface area contributed by atoms with Crippen LogP contribution in [-0.2, 0) is 0 Å². The first-order valence-electron chi connectivity index (χ1n) is 6.58. The first-order chi connectivity index (χ1) is 9.47. The summed E-state index contributed by atoms with van der Waals surface area (Å²) in [6, 6.07) is 5.74. The molecule has 1 fully saturated rings. The zero-order valence-corrected chi connectivity index (χ0v) is 11.4. The molecule has 1 N–H and O–H groups in total. The molecule has 0 bridgehead atoms. The summed E-state index contributed by atoms with van der Waals surface area (Å²) in [6.07, 6.45) is -2.49. The van der Waals surface area contributed by atoms with Crippen molar-refractivity contribution in [2.75, 3.05) is 13.1 Å². The Balaban J connectivity index is 1.98. The standard InChI is InChI=1S/C15H16FNO3/c1-8-3-4-10-9(2)14(20-13(10)5-8)15(19)17-6-11(16)12(18)7-17/h3-5,11-12,18H,6-7H2,1-2H3/t11-,12-/m1/s1. The van der Waals surface area contributed by atoms with Gasteiger partial charge in [0.2, 0.25) is 0 Å². The molecule has 0 aliphatic carbocycles. The van der Waals surface area contributed by atoms with Crippen molar-refractivity contribution >= 4 is 16.9 Å². The van der Waals surface area contributed by atoms with Gasteiger partial charge in [0.05, 0.1) is 13.1 Å². The van der Waals surface area contributed by atoms with Crippen LogP contribution < -0.4 is 0 Å². The normalized spacial score (nSPS) is 22.7. The lowest BCUT2D eigenvalue weighted by atomic mass is 10.1. The van der Waals surface area contributed by atoms with Crippen LogP contribution in [0.25, 0.3) is 11.0 Å². The number of amides is 1. The summed E-state index contributed by atoms with van der Waals surface area (Å²) < 4.78 is 19.0. The van der Waals surface area contributed by atoms with E-state index < -0.39 is 12.3 Å². The van der Waals surface area contributed by atoms with Gasteiger partial charge in [-0.05, 0) is 25.5 Å². The van der Waals surface area contributed by atoms with Gasteiger partial charge in [0.25, 0.3) is 5.91 Å². The number of alkyl halides is 1. The first kappa shape index (κ1) is 13.1. The Morgan fingerprint density at radius 3 is 2.80 bits per heavy atom. The summed E-state index contributed by atoms with van der Waals surface area (Å²) in [7, 11) is 0. The molecule has 106 valence electrons. The molecule has 3 rings (SSSR count). The van der Waals surface area contributed by atoms with Crippen molar-refractivity contribution in [2.45, 2.75) is 26.1 Å². The monoisotopic (exact) mass is 277 g/mol. The van der Waals surface area contributed by atoms with Gasteiger partial charge in [-0.15, -0.1) is 0 Å². The molecule has 1 amide bonds. The number of hydrogen-bond acceptors (Lipinski definition) is 3. The van der Waals surface area contributed by atoms with Crippen molar-refractivity contribution in [3.05, 3.63) is 35.1 Å². The maximum Gasteiger partial charge on any atom is 0.290 e. The van der Waals surface area contributed by atoms with Crippen LogP contribution >= 0.6 is 0 Å². The minimum atomic E-state index is -1.38. The lowest BCUT2D eigenvalue weighted by molar-refractivity contribution is 0.0734. The highest BCUT2D eigenvalue weighted by atomic mass is 19.1. The lowest BCUT2D eigenvalue weighted by Gasteiger charge is -2.13. The Morgan fingerprint density at radius 1 is 1.40 bits per heavy atom. The molecule has 1 saturated heterocycles. The number of furan rings is 1. The number of aryl methyl sites for hydroxylation is 2. The molecular formula is C15H16FNO3. The van der Waals surface area contributed by atoms with Gasteiger partial charge in [0.1, 0.15) is 17.9 Å². The van der Waals surface area contributed by atoms with Gasteiger partial charge in [0, 0.05) is 10.9 Å².